The smallest absolute Gasteiger partial charge is 0.255 e. The molecule has 2 unspecified atom stereocenters. The van der Waals surface area contributed by atoms with Crippen LogP contribution >= 0.6 is 0 Å². The van der Waals surface area contributed by atoms with Crippen LogP contribution in [0.4, 0.5) is 0 Å². The largest absolute Gasteiger partial charge is 0.506 e. The molecule has 1 aliphatic heterocycles. The molecule has 0 spiro atoms. The van der Waals surface area contributed by atoms with Crippen LogP contribution in [0.1, 0.15) is 30.1 Å². The minimum atomic E-state index is -0.0799. The van der Waals surface area contributed by atoms with E-state index in [-0.39, 0.29) is 17.7 Å². The molecule has 1 fully saturated rings. The Morgan fingerprint density at radius 3 is 3.06 bits per heavy atom. The summed E-state index contributed by atoms with van der Waals surface area (Å²) < 4.78 is 0. The predicted molar refractivity (Wildman–Crippen MR) is 68.2 cm³/mol. The Morgan fingerprint density at radius 2 is 2.39 bits per heavy atom. The number of nitrogens with two attached hydrogens (primary N) is 1. The van der Waals surface area contributed by atoms with Crippen LogP contribution < -0.4 is 5.73 Å². The first-order valence-corrected chi connectivity index (χ1v) is 6.30. The van der Waals surface area contributed by atoms with E-state index in [1.807, 2.05) is 0 Å². The lowest BCUT2D eigenvalue weighted by Gasteiger charge is -2.36. The minimum Gasteiger partial charge on any atom is -0.506 e. The van der Waals surface area contributed by atoms with Gasteiger partial charge in [-0.1, -0.05) is 13.3 Å². The van der Waals surface area contributed by atoms with Crippen molar-refractivity contribution in [3.63, 3.8) is 0 Å². The van der Waals surface area contributed by atoms with E-state index in [0.29, 0.717) is 24.6 Å². The second-order valence-corrected chi connectivity index (χ2v) is 4.80. The van der Waals surface area contributed by atoms with E-state index in [9.17, 15) is 9.90 Å². The predicted octanol–water partition coefficient (Wildman–Crippen LogP) is 0.987. The molecule has 18 heavy (non-hydrogen) atoms. The number of amides is 1. The fourth-order valence-electron chi connectivity index (χ4n) is 2.39. The van der Waals surface area contributed by atoms with Crippen molar-refractivity contribution < 1.29 is 9.90 Å². The number of carbonyl (C=O) groups excluding carboxylic acids is 1. The molecular weight excluding hydrogens is 230 g/mol. The van der Waals surface area contributed by atoms with Gasteiger partial charge in [0.25, 0.3) is 5.91 Å². The van der Waals surface area contributed by atoms with Crippen LogP contribution in [0.15, 0.2) is 18.5 Å². The normalized spacial score (nSPS) is 24.0. The molecule has 1 aliphatic rings. The first-order chi connectivity index (χ1) is 8.61. The zero-order chi connectivity index (χ0) is 13.1. The molecule has 1 aromatic heterocycles. The lowest BCUT2D eigenvalue weighted by atomic mass is 9.90. The number of piperidine rings is 1. The maximum Gasteiger partial charge on any atom is 0.255 e. The molecule has 1 aromatic rings. The molecule has 0 bridgehead atoms. The quantitative estimate of drug-likeness (QED) is 0.819. The Balaban J connectivity index is 2.10. The van der Waals surface area contributed by atoms with E-state index in [0.717, 1.165) is 12.8 Å². The first-order valence-electron chi connectivity index (χ1n) is 6.30. The summed E-state index contributed by atoms with van der Waals surface area (Å²) in [5.74, 6) is 0.290. The van der Waals surface area contributed by atoms with E-state index in [4.69, 9.17) is 5.73 Å². The molecular formula is C13H19N3O2. The van der Waals surface area contributed by atoms with Crippen molar-refractivity contribution in [3.8, 4) is 5.75 Å². The lowest BCUT2D eigenvalue weighted by Crippen LogP contribution is -2.49. The molecule has 5 nitrogen and oxygen atoms in total. The number of hydrogen-bond acceptors (Lipinski definition) is 4. The highest BCUT2D eigenvalue weighted by molar-refractivity contribution is 5.94. The summed E-state index contributed by atoms with van der Waals surface area (Å²) in [5.41, 5.74) is 6.46. The van der Waals surface area contributed by atoms with E-state index >= 15 is 0 Å². The van der Waals surface area contributed by atoms with Crippen LogP contribution in [0.3, 0.4) is 0 Å². The Morgan fingerprint density at radius 1 is 1.61 bits per heavy atom. The van der Waals surface area contributed by atoms with E-state index in [2.05, 4.69) is 11.9 Å². The summed E-state index contributed by atoms with van der Waals surface area (Å²) in [5, 5.41) is 9.35. The molecule has 1 amide bonds. The van der Waals surface area contributed by atoms with Gasteiger partial charge in [0, 0.05) is 25.3 Å². The van der Waals surface area contributed by atoms with Gasteiger partial charge in [0.1, 0.15) is 5.75 Å². The fraction of sp³-hybridized carbons (Fsp3) is 0.538. The number of hydrogen-bond donors (Lipinski definition) is 2. The highest BCUT2D eigenvalue weighted by Gasteiger charge is 2.28. The van der Waals surface area contributed by atoms with Crippen molar-refractivity contribution in [1.82, 2.24) is 9.88 Å². The van der Waals surface area contributed by atoms with Crippen LogP contribution in [-0.4, -0.2) is 40.0 Å². The molecule has 0 saturated carbocycles. The number of nitrogens with zero attached hydrogens (tertiary/aromatic N) is 2. The van der Waals surface area contributed by atoms with Gasteiger partial charge in [0.15, 0.2) is 0 Å². The van der Waals surface area contributed by atoms with Gasteiger partial charge in [-0.25, -0.2) is 0 Å². The van der Waals surface area contributed by atoms with Crippen molar-refractivity contribution in [2.75, 3.05) is 13.1 Å². The Bertz CT molecular complexity index is 436. The summed E-state index contributed by atoms with van der Waals surface area (Å²) >= 11 is 0. The third-order valence-electron chi connectivity index (χ3n) is 3.58. The van der Waals surface area contributed by atoms with Crippen molar-refractivity contribution in [2.45, 2.75) is 25.8 Å². The molecule has 0 radical (unpaired) electrons. The molecule has 0 aromatic carbocycles. The second-order valence-electron chi connectivity index (χ2n) is 4.80. The number of aromatic hydroxyl groups is 1. The molecule has 0 aliphatic carbocycles. The summed E-state index contributed by atoms with van der Waals surface area (Å²) in [6.45, 7) is 3.45. The summed E-state index contributed by atoms with van der Waals surface area (Å²) in [4.78, 5) is 17.9. The van der Waals surface area contributed by atoms with Gasteiger partial charge in [0.2, 0.25) is 0 Å². The van der Waals surface area contributed by atoms with Gasteiger partial charge >= 0.3 is 0 Å². The van der Waals surface area contributed by atoms with Gasteiger partial charge < -0.3 is 15.7 Å². The van der Waals surface area contributed by atoms with Crippen molar-refractivity contribution in [3.05, 3.63) is 24.0 Å². The van der Waals surface area contributed by atoms with Crippen LogP contribution in [0, 0.1) is 5.92 Å². The lowest BCUT2D eigenvalue weighted by molar-refractivity contribution is 0.0648. The topological polar surface area (TPSA) is 79.5 Å². The molecule has 2 atom stereocenters. The summed E-state index contributed by atoms with van der Waals surface area (Å²) in [6.07, 6.45) is 4.61. The Hall–Kier alpha value is -1.62. The average molecular weight is 249 g/mol. The SMILES string of the molecule is CCC1CN(C(=O)c2cncc(O)c2)CCC1N. The van der Waals surface area contributed by atoms with E-state index in [1.165, 1.54) is 18.5 Å². The molecule has 2 heterocycles. The minimum absolute atomic E-state index is 0.0154. The maximum atomic E-state index is 12.3. The third kappa shape index (κ3) is 2.61. The summed E-state index contributed by atoms with van der Waals surface area (Å²) in [7, 11) is 0. The molecule has 3 N–H and O–H groups in total. The van der Waals surface area contributed by atoms with E-state index < -0.39 is 0 Å². The first kappa shape index (κ1) is 12.8. The Kier molecular flexibility index (Phi) is 3.81. The van der Waals surface area contributed by atoms with Crippen LogP contribution in [0.5, 0.6) is 5.75 Å². The summed E-state index contributed by atoms with van der Waals surface area (Å²) in [6, 6.07) is 1.63. The van der Waals surface area contributed by atoms with Crippen LogP contribution in [0.25, 0.3) is 0 Å². The van der Waals surface area contributed by atoms with Gasteiger partial charge in [-0.3, -0.25) is 9.78 Å². The highest BCUT2D eigenvalue weighted by atomic mass is 16.3. The zero-order valence-electron chi connectivity index (χ0n) is 10.5. The molecule has 2 rings (SSSR count). The number of rotatable bonds is 2. The average Bonchev–Trinajstić information content (AvgIpc) is 2.38. The van der Waals surface area contributed by atoms with E-state index in [1.54, 1.807) is 4.90 Å². The standard InChI is InChI=1S/C13H19N3O2/c1-2-9-8-16(4-3-12(9)14)13(18)10-5-11(17)7-15-6-10/h5-7,9,12,17H,2-4,8,14H2,1H3. The van der Waals surface area contributed by atoms with Gasteiger partial charge in [0.05, 0.1) is 11.8 Å². The molecule has 1 saturated heterocycles. The molecule has 98 valence electrons. The van der Waals surface area contributed by atoms with Crippen molar-refractivity contribution >= 4 is 5.91 Å². The van der Waals surface area contributed by atoms with Crippen LogP contribution in [-0.2, 0) is 0 Å². The van der Waals surface area contributed by atoms with Gasteiger partial charge in [-0.2, -0.15) is 0 Å². The third-order valence-corrected chi connectivity index (χ3v) is 3.58. The number of aromatic nitrogens is 1. The number of pyridine rings is 1. The maximum absolute atomic E-state index is 12.3. The zero-order valence-corrected chi connectivity index (χ0v) is 10.5. The van der Waals surface area contributed by atoms with Crippen LogP contribution in [0.2, 0.25) is 0 Å². The fourth-order valence-corrected chi connectivity index (χ4v) is 2.39. The molecule has 5 heteroatoms. The Labute approximate surface area is 107 Å². The number of likely N-dealkylation sites (tertiary alicyclic amines) is 1. The van der Waals surface area contributed by atoms with Gasteiger partial charge in [-0.05, 0) is 18.4 Å². The monoisotopic (exact) mass is 249 g/mol. The van der Waals surface area contributed by atoms with Crippen molar-refractivity contribution in [2.24, 2.45) is 11.7 Å². The highest BCUT2D eigenvalue weighted by Crippen LogP contribution is 2.21. The number of carbonyl (C=O) groups is 1. The van der Waals surface area contributed by atoms with Gasteiger partial charge in [-0.15, -0.1) is 0 Å². The van der Waals surface area contributed by atoms with Crippen molar-refractivity contribution in [1.29, 1.82) is 0 Å². The second kappa shape index (κ2) is 5.35.